The molecule has 0 aliphatic heterocycles. The van der Waals surface area contributed by atoms with Crippen molar-refractivity contribution >= 4 is 5.95 Å². The van der Waals surface area contributed by atoms with Crippen molar-refractivity contribution in [2.24, 2.45) is 5.11 Å². The van der Waals surface area contributed by atoms with Gasteiger partial charge in [0.15, 0.2) is 5.11 Å². The van der Waals surface area contributed by atoms with Crippen LogP contribution in [0.25, 0.3) is 0 Å². The van der Waals surface area contributed by atoms with Crippen LogP contribution in [0, 0.1) is 5.53 Å². The van der Waals surface area contributed by atoms with Gasteiger partial charge in [-0.25, -0.2) is 5.10 Å². The van der Waals surface area contributed by atoms with Crippen LogP contribution < -0.4 is 9.65 Å². The highest BCUT2D eigenvalue weighted by atomic mass is 16.5. The smallest absolute Gasteiger partial charge is 0.337 e. The second-order valence-electron chi connectivity index (χ2n) is 1.35. The first-order valence-electron chi connectivity index (χ1n) is 2.40. The number of rotatable bonds is 2. The van der Waals surface area contributed by atoms with E-state index in [0.717, 1.165) is 0 Å². The molecule has 10 heavy (non-hydrogen) atoms. The summed E-state index contributed by atoms with van der Waals surface area (Å²) in [6, 6.07) is 0.183. The lowest BCUT2D eigenvalue weighted by Crippen LogP contribution is -1.82. The molecule has 52 valence electrons. The fraction of sp³-hybridized carbons (Fsp3) is 0.333. The van der Waals surface area contributed by atoms with Crippen LogP contribution in [0.3, 0.4) is 0 Å². The third kappa shape index (κ3) is 1.15. The van der Waals surface area contributed by atoms with E-state index in [9.17, 15) is 0 Å². The zero-order valence-corrected chi connectivity index (χ0v) is 5.20. The van der Waals surface area contributed by atoms with Gasteiger partial charge in [-0.1, -0.05) is 0 Å². The van der Waals surface area contributed by atoms with Crippen LogP contribution in [-0.4, -0.2) is 22.3 Å². The molecule has 0 aromatic carbocycles. The fourth-order valence-corrected chi connectivity index (χ4v) is 0.422. The highest BCUT2D eigenvalue weighted by molar-refractivity contribution is 5.12. The van der Waals surface area contributed by atoms with Gasteiger partial charge >= 0.3 is 12.0 Å². The zero-order chi connectivity index (χ0) is 7.40. The summed E-state index contributed by atoms with van der Waals surface area (Å²) in [5, 5.41) is 9.21. The molecule has 1 aromatic rings. The third-order valence-corrected chi connectivity index (χ3v) is 0.780. The Hall–Kier alpha value is -1.75. The third-order valence-electron chi connectivity index (χ3n) is 0.780. The van der Waals surface area contributed by atoms with Crippen LogP contribution in [0.5, 0.6) is 6.01 Å². The van der Waals surface area contributed by atoms with Crippen LogP contribution in [0.15, 0.2) is 5.11 Å². The van der Waals surface area contributed by atoms with Gasteiger partial charge in [-0.2, -0.15) is 0 Å². The van der Waals surface area contributed by atoms with Gasteiger partial charge in [0, 0.05) is 0 Å². The lowest BCUT2D eigenvalue weighted by atomic mass is 11.1. The average Bonchev–Trinajstić information content (AvgIpc) is 2.37. The minimum absolute atomic E-state index is 0.159. The van der Waals surface area contributed by atoms with Crippen LogP contribution in [0.1, 0.15) is 0 Å². The predicted molar refractivity (Wildman–Crippen MR) is 29.9 cm³/mol. The van der Waals surface area contributed by atoms with E-state index in [4.69, 9.17) is 5.53 Å². The normalized spacial score (nSPS) is 8.50. The molecule has 7 nitrogen and oxygen atoms in total. The SMILES string of the molecule is COc1n[nH]c(N=[N+]=N)n1. The van der Waals surface area contributed by atoms with E-state index in [-0.39, 0.29) is 12.0 Å². The summed E-state index contributed by atoms with van der Waals surface area (Å²) in [5.41, 5.74) is 6.34. The molecule has 1 aromatic heterocycles. The van der Waals surface area contributed by atoms with E-state index in [1.54, 1.807) is 0 Å². The molecule has 0 bridgehead atoms. The fourth-order valence-electron chi connectivity index (χ4n) is 0.422. The first-order valence-corrected chi connectivity index (χ1v) is 2.40. The highest BCUT2D eigenvalue weighted by Gasteiger charge is 2.03. The Morgan fingerprint density at radius 1 is 1.80 bits per heavy atom. The van der Waals surface area contributed by atoms with Crippen LogP contribution in [0.2, 0.25) is 0 Å². The minimum atomic E-state index is 0.159. The summed E-state index contributed by atoms with van der Waals surface area (Å²) in [6.07, 6.45) is 0. The lowest BCUT2D eigenvalue weighted by molar-refractivity contribution is 0.382. The van der Waals surface area contributed by atoms with Crippen molar-refractivity contribution in [3.05, 3.63) is 0 Å². The summed E-state index contributed by atoms with van der Waals surface area (Å²) >= 11 is 0. The van der Waals surface area contributed by atoms with E-state index >= 15 is 0 Å². The minimum Gasteiger partial charge on any atom is -0.466 e. The molecule has 1 rings (SSSR count). The summed E-state index contributed by atoms with van der Waals surface area (Å²) in [4.78, 5) is 6.39. The summed E-state index contributed by atoms with van der Waals surface area (Å²) in [7, 11) is 1.44. The van der Waals surface area contributed by atoms with E-state index in [1.807, 2.05) is 0 Å². The van der Waals surface area contributed by atoms with Crippen molar-refractivity contribution in [2.75, 3.05) is 7.11 Å². The van der Waals surface area contributed by atoms with Gasteiger partial charge in [0.05, 0.1) is 7.11 Å². The first-order chi connectivity index (χ1) is 4.86. The Balaban J connectivity index is 2.87. The number of nitrogens with zero attached hydrogens (tertiary/aromatic N) is 4. The van der Waals surface area contributed by atoms with Gasteiger partial charge in [0.2, 0.25) is 4.91 Å². The number of nitrogens with one attached hydrogen (secondary N) is 2. The maximum Gasteiger partial charge on any atom is 0.337 e. The van der Waals surface area contributed by atoms with E-state index in [0.29, 0.717) is 0 Å². The number of aromatic nitrogens is 3. The largest absolute Gasteiger partial charge is 0.466 e. The number of hydrogen-bond donors (Lipinski definition) is 2. The molecule has 0 atom stereocenters. The topological polar surface area (TPSA) is 101 Å². The Kier molecular flexibility index (Phi) is 1.72. The zero-order valence-electron chi connectivity index (χ0n) is 5.20. The van der Waals surface area contributed by atoms with Crippen LogP contribution >= 0.6 is 0 Å². The Morgan fingerprint density at radius 3 is 3.10 bits per heavy atom. The number of aromatic amines is 1. The molecule has 0 unspecified atom stereocenters. The molecule has 1 heterocycles. The second kappa shape index (κ2) is 2.70. The molecular formula is C3H5N6O+. The standard InChI is InChI=1S/C3H4N6O/c1-10-3-5-2(6-8-3)7-9-4/h4H,1H3/p+1. The molecule has 0 spiro atoms. The molecule has 0 aliphatic rings. The van der Waals surface area contributed by atoms with Gasteiger partial charge in [-0.15, -0.1) is 10.1 Å². The van der Waals surface area contributed by atoms with Crippen molar-refractivity contribution in [3.8, 4) is 6.01 Å². The molecule has 0 amide bonds. The Labute approximate surface area is 55.7 Å². The Morgan fingerprint density at radius 2 is 2.60 bits per heavy atom. The maximum absolute atomic E-state index is 6.34. The van der Waals surface area contributed by atoms with Crippen LogP contribution in [-0.2, 0) is 0 Å². The number of hydrogen-bond acceptors (Lipinski definition) is 5. The lowest BCUT2D eigenvalue weighted by Gasteiger charge is -1.82. The molecule has 7 heteroatoms. The Bertz CT molecular complexity index is 260. The summed E-state index contributed by atoms with van der Waals surface area (Å²) < 4.78 is 4.62. The molecule has 0 saturated carbocycles. The van der Waals surface area contributed by atoms with E-state index < -0.39 is 0 Å². The quantitative estimate of drug-likeness (QED) is 0.447. The van der Waals surface area contributed by atoms with Crippen molar-refractivity contribution in [2.45, 2.75) is 0 Å². The van der Waals surface area contributed by atoms with Crippen molar-refractivity contribution < 1.29 is 4.74 Å². The van der Waals surface area contributed by atoms with Gasteiger partial charge in [-0.05, 0) is 0 Å². The molecule has 0 saturated heterocycles. The first kappa shape index (κ1) is 6.37. The van der Waals surface area contributed by atoms with Crippen molar-refractivity contribution in [1.82, 2.24) is 20.1 Å². The van der Waals surface area contributed by atoms with Crippen molar-refractivity contribution in [3.63, 3.8) is 0 Å². The highest BCUT2D eigenvalue weighted by Crippen LogP contribution is 2.05. The number of ether oxygens (including phenoxy) is 1. The molecule has 0 fully saturated rings. The van der Waals surface area contributed by atoms with Gasteiger partial charge in [0.1, 0.15) is 5.53 Å². The molecular weight excluding hydrogens is 136 g/mol. The number of methoxy groups -OCH3 is 1. The van der Waals surface area contributed by atoms with Crippen LogP contribution in [0.4, 0.5) is 5.95 Å². The molecule has 0 radical (unpaired) electrons. The summed E-state index contributed by atoms with van der Waals surface area (Å²) in [6.45, 7) is 0. The van der Waals surface area contributed by atoms with Gasteiger partial charge in [-0.3, -0.25) is 0 Å². The predicted octanol–water partition coefficient (Wildman–Crippen LogP) is -0.00483. The molecule has 2 N–H and O–H groups in total. The molecule has 0 aliphatic carbocycles. The van der Waals surface area contributed by atoms with Crippen molar-refractivity contribution in [1.29, 1.82) is 5.53 Å². The second-order valence-corrected chi connectivity index (χ2v) is 1.35. The summed E-state index contributed by atoms with van der Waals surface area (Å²) in [5.74, 6) is 0.159. The van der Waals surface area contributed by atoms with E-state index in [1.165, 1.54) is 7.11 Å². The maximum atomic E-state index is 6.34. The van der Waals surface area contributed by atoms with E-state index in [2.05, 4.69) is 29.9 Å². The monoisotopic (exact) mass is 141 g/mol. The number of H-pyrrole nitrogens is 1. The van der Waals surface area contributed by atoms with Gasteiger partial charge < -0.3 is 4.74 Å². The van der Waals surface area contributed by atoms with Gasteiger partial charge in [0.25, 0.3) is 0 Å². The average molecular weight is 141 g/mol.